The number of carbonyl (C=O) groups is 1. The molecule has 0 radical (unpaired) electrons. The minimum Gasteiger partial charge on any atom is -0.356 e. The van der Waals surface area contributed by atoms with E-state index in [1.807, 2.05) is 25.1 Å². The smallest absolute Gasteiger partial charge is 0.221 e. The normalized spacial score (nSPS) is 16.9. The van der Waals surface area contributed by atoms with Gasteiger partial charge in [0, 0.05) is 43.0 Å². The molecule has 138 valence electrons. The van der Waals surface area contributed by atoms with Crippen molar-refractivity contribution in [1.29, 1.82) is 0 Å². The molecule has 1 atom stereocenters. The van der Waals surface area contributed by atoms with E-state index >= 15 is 0 Å². The van der Waals surface area contributed by atoms with E-state index in [-0.39, 0.29) is 17.4 Å². The molecule has 1 aromatic carbocycles. The van der Waals surface area contributed by atoms with Gasteiger partial charge in [-0.05, 0) is 43.9 Å². The Balaban J connectivity index is 1.76. The number of halogens is 1. The summed E-state index contributed by atoms with van der Waals surface area (Å²) in [5, 5.41) is 10.3. The number of amides is 1. The monoisotopic (exact) mass is 364 g/mol. The average Bonchev–Trinajstić information content (AvgIpc) is 3.39. The summed E-state index contributed by atoms with van der Waals surface area (Å²) in [6.07, 6.45) is 3.67. The second-order valence-corrected chi connectivity index (χ2v) is 7.21. The Morgan fingerprint density at radius 2 is 2.12 bits per heavy atom. The highest BCUT2D eigenvalue weighted by Gasteiger charge is 2.44. The second kappa shape index (κ2) is 9.09. The van der Waals surface area contributed by atoms with E-state index in [1.165, 1.54) is 5.56 Å². The zero-order valence-corrected chi connectivity index (χ0v) is 16.1. The SMILES string of the molecule is CCC(C)NC(=O)CCNC(=NC)NCC1(c2cccc(Cl)c2)CC1. The molecule has 0 aliphatic heterocycles. The molecule has 1 aliphatic rings. The third-order valence-electron chi connectivity index (χ3n) is 4.77. The molecule has 1 aromatic rings. The molecule has 0 bridgehead atoms. The van der Waals surface area contributed by atoms with Crippen LogP contribution in [-0.4, -0.2) is 38.0 Å². The van der Waals surface area contributed by atoms with Gasteiger partial charge < -0.3 is 16.0 Å². The Morgan fingerprint density at radius 3 is 2.72 bits per heavy atom. The lowest BCUT2D eigenvalue weighted by Crippen LogP contribution is -2.43. The highest BCUT2D eigenvalue weighted by atomic mass is 35.5. The standard InChI is InChI=1S/C19H29ClN4O/c1-4-14(2)24-17(25)8-11-22-18(21-3)23-13-19(9-10-19)15-6-5-7-16(20)12-15/h5-7,12,14H,4,8-11,13H2,1-3H3,(H,24,25)(H2,21,22,23). The predicted octanol–water partition coefficient (Wildman–Crippen LogP) is 2.84. The molecule has 2 rings (SSSR count). The topological polar surface area (TPSA) is 65.5 Å². The summed E-state index contributed by atoms with van der Waals surface area (Å²) in [7, 11) is 1.74. The number of carbonyl (C=O) groups excluding carboxylic acids is 1. The van der Waals surface area contributed by atoms with Crippen LogP contribution >= 0.6 is 11.6 Å². The zero-order valence-electron chi connectivity index (χ0n) is 15.4. The maximum absolute atomic E-state index is 11.8. The van der Waals surface area contributed by atoms with Gasteiger partial charge in [0.25, 0.3) is 0 Å². The number of guanidine groups is 1. The Morgan fingerprint density at radius 1 is 1.36 bits per heavy atom. The summed E-state index contributed by atoms with van der Waals surface area (Å²) in [4.78, 5) is 16.0. The summed E-state index contributed by atoms with van der Waals surface area (Å²) in [6, 6.07) is 8.30. The van der Waals surface area contributed by atoms with Gasteiger partial charge in [-0.1, -0.05) is 30.7 Å². The van der Waals surface area contributed by atoms with Gasteiger partial charge in [-0.3, -0.25) is 9.79 Å². The van der Waals surface area contributed by atoms with Crippen molar-refractivity contribution in [2.75, 3.05) is 20.1 Å². The quantitative estimate of drug-likeness (QED) is 0.491. The van der Waals surface area contributed by atoms with Crippen LogP contribution in [0.4, 0.5) is 0 Å². The van der Waals surface area contributed by atoms with Gasteiger partial charge in [0.2, 0.25) is 5.91 Å². The van der Waals surface area contributed by atoms with Crippen LogP contribution in [0, 0.1) is 0 Å². The number of nitrogens with one attached hydrogen (secondary N) is 3. The summed E-state index contributed by atoms with van der Waals surface area (Å²) in [5.41, 5.74) is 1.42. The van der Waals surface area contributed by atoms with Crippen molar-refractivity contribution >= 4 is 23.5 Å². The lowest BCUT2D eigenvalue weighted by atomic mass is 9.96. The molecule has 1 unspecified atom stereocenters. The maximum Gasteiger partial charge on any atom is 0.221 e. The van der Waals surface area contributed by atoms with Crippen LogP contribution in [0.25, 0.3) is 0 Å². The number of rotatable bonds is 8. The van der Waals surface area contributed by atoms with E-state index in [0.29, 0.717) is 13.0 Å². The molecule has 1 amide bonds. The molecule has 0 heterocycles. The first-order valence-electron chi connectivity index (χ1n) is 8.99. The van der Waals surface area contributed by atoms with E-state index < -0.39 is 0 Å². The molecule has 6 heteroatoms. The number of aliphatic imine (C=N–C) groups is 1. The van der Waals surface area contributed by atoms with Gasteiger partial charge in [0.1, 0.15) is 0 Å². The fourth-order valence-electron chi connectivity index (χ4n) is 2.75. The van der Waals surface area contributed by atoms with Crippen molar-refractivity contribution in [2.45, 2.75) is 51.0 Å². The van der Waals surface area contributed by atoms with Crippen LogP contribution in [0.5, 0.6) is 0 Å². The van der Waals surface area contributed by atoms with Crippen molar-refractivity contribution in [2.24, 2.45) is 4.99 Å². The number of hydrogen-bond acceptors (Lipinski definition) is 2. The van der Waals surface area contributed by atoms with Crippen LogP contribution in [0.2, 0.25) is 5.02 Å². The fraction of sp³-hybridized carbons (Fsp3) is 0.579. The van der Waals surface area contributed by atoms with Gasteiger partial charge >= 0.3 is 0 Å². The van der Waals surface area contributed by atoms with E-state index in [2.05, 4.69) is 33.9 Å². The van der Waals surface area contributed by atoms with Gasteiger partial charge in [-0.2, -0.15) is 0 Å². The summed E-state index contributed by atoms with van der Waals surface area (Å²) >= 11 is 6.12. The zero-order chi connectivity index (χ0) is 18.3. The second-order valence-electron chi connectivity index (χ2n) is 6.77. The molecule has 0 saturated heterocycles. The molecule has 1 fully saturated rings. The maximum atomic E-state index is 11.8. The van der Waals surface area contributed by atoms with Gasteiger partial charge in [-0.15, -0.1) is 0 Å². The predicted molar refractivity (Wildman–Crippen MR) is 104 cm³/mol. The number of hydrogen-bond donors (Lipinski definition) is 3. The van der Waals surface area contributed by atoms with Crippen molar-refractivity contribution in [3.8, 4) is 0 Å². The van der Waals surface area contributed by atoms with Gasteiger partial charge in [-0.25, -0.2) is 0 Å². The van der Waals surface area contributed by atoms with Crippen LogP contribution in [0.3, 0.4) is 0 Å². The molecule has 0 aromatic heterocycles. The average molecular weight is 365 g/mol. The molecular weight excluding hydrogens is 336 g/mol. The van der Waals surface area contributed by atoms with Crippen LogP contribution in [0.1, 0.15) is 45.1 Å². The Labute approximate surface area is 155 Å². The first-order chi connectivity index (χ1) is 12.0. The number of benzene rings is 1. The lowest BCUT2D eigenvalue weighted by Gasteiger charge is -2.19. The van der Waals surface area contributed by atoms with Gasteiger partial charge in [0.05, 0.1) is 0 Å². The molecule has 0 spiro atoms. The molecule has 25 heavy (non-hydrogen) atoms. The van der Waals surface area contributed by atoms with Crippen LogP contribution in [-0.2, 0) is 10.2 Å². The fourth-order valence-corrected chi connectivity index (χ4v) is 2.94. The largest absolute Gasteiger partial charge is 0.356 e. The first-order valence-corrected chi connectivity index (χ1v) is 9.37. The lowest BCUT2D eigenvalue weighted by molar-refractivity contribution is -0.121. The third-order valence-corrected chi connectivity index (χ3v) is 5.01. The van der Waals surface area contributed by atoms with Crippen molar-refractivity contribution in [3.05, 3.63) is 34.9 Å². The first kappa shape index (κ1) is 19.6. The summed E-state index contributed by atoms with van der Waals surface area (Å²) < 4.78 is 0. The minimum atomic E-state index is 0.0647. The molecular formula is C19H29ClN4O. The van der Waals surface area contributed by atoms with E-state index in [0.717, 1.165) is 36.8 Å². The van der Waals surface area contributed by atoms with Crippen molar-refractivity contribution < 1.29 is 4.79 Å². The summed E-state index contributed by atoms with van der Waals surface area (Å²) in [5.74, 6) is 0.791. The Hall–Kier alpha value is -1.75. The number of nitrogens with zero attached hydrogens (tertiary/aromatic N) is 1. The van der Waals surface area contributed by atoms with Crippen molar-refractivity contribution in [3.63, 3.8) is 0 Å². The highest BCUT2D eigenvalue weighted by molar-refractivity contribution is 6.30. The van der Waals surface area contributed by atoms with Gasteiger partial charge in [0.15, 0.2) is 5.96 Å². The van der Waals surface area contributed by atoms with E-state index in [1.54, 1.807) is 7.05 Å². The Kier molecular flexibility index (Phi) is 7.12. The molecule has 1 aliphatic carbocycles. The molecule has 3 N–H and O–H groups in total. The Bertz CT molecular complexity index is 613. The molecule has 5 nitrogen and oxygen atoms in total. The van der Waals surface area contributed by atoms with Crippen LogP contribution < -0.4 is 16.0 Å². The van der Waals surface area contributed by atoms with Crippen molar-refractivity contribution in [1.82, 2.24) is 16.0 Å². The highest BCUT2D eigenvalue weighted by Crippen LogP contribution is 2.48. The van der Waals surface area contributed by atoms with E-state index in [4.69, 9.17) is 11.6 Å². The van der Waals surface area contributed by atoms with E-state index in [9.17, 15) is 4.79 Å². The minimum absolute atomic E-state index is 0.0647. The molecule has 1 saturated carbocycles. The summed E-state index contributed by atoms with van der Waals surface area (Å²) in [6.45, 7) is 5.44. The third kappa shape index (κ3) is 5.92. The van der Waals surface area contributed by atoms with Crippen LogP contribution in [0.15, 0.2) is 29.3 Å².